The molecule has 5 amide bonds. The van der Waals surface area contributed by atoms with Crippen LogP contribution in [0.15, 0.2) is 0 Å². The number of likely N-dealkylation sites (N-methyl/N-ethyl adjacent to an activating group) is 1. The fraction of sp³-hybridized carbons (Fsp3) is 0.800. The first kappa shape index (κ1) is 19.2. The molecule has 0 aromatic carbocycles. The van der Waals surface area contributed by atoms with E-state index < -0.39 is 5.54 Å². The molecule has 2 aliphatic heterocycles. The number of likely N-dealkylation sites (tertiary alicyclic amines) is 1. The predicted molar refractivity (Wildman–Crippen MR) is 101 cm³/mol. The van der Waals surface area contributed by atoms with Gasteiger partial charge in [-0.3, -0.25) is 19.3 Å². The van der Waals surface area contributed by atoms with E-state index in [1.165, 1.54) is 0 Å². The highest BCUT2D eigenvalue weighted by Crippen LogP contribution is 2.39. The summed E-state index contributed by atoms with van der Waals surface area (Å²) in [7, 11) is 1.68. The zero-order valence-corrected chi connectivity index (χ0v) is 16.6. The van der Waals surface area contributed by atoms with Crippen LogP contribution in [0, 0.1) is 5.92 Å². The minimum Gasteiger partial charge on any atom is -0.353 e. The summed E-state index contributed by atoms with van der Waals surface area (Å²) < 4.78 is 0. The van der Waals surface area contributed by atoms with E-state index in [9.17, 15) is 19.2 Å². The van der Waals surface area contributed by atoms with Gasteiger partial charge in [0.05, 0.1) is 0 Å². The van der Waals surface area contributed by atoms with Gasteiger partial charge in [0.15, 0.2) is 0 Å². The second-order valence-corrected chi connectivity index (χ2v) is 8.76. The number of rotatable bonds is 4. The Hall–Kier alpha value is -2.12. The Bertz CT molecular complexity index is 676. The SMILES string of the molecule is CN1C(=O)N(CC(=O)N2CCC(C(=O)NC3CC3)CC2)C(=O)C12CCCCC2. The van der Waals surface area contributed by atoms with Gasteiger partial charge in [-0.2, -0.15) is 0 Å². The van der Waals surface area contributed by atoms with Gasteiger partial charge >= 0.3 is 6.03 Å². The van der Waals surface area contributed by atoms with Crippen molar-refractivity contribution in [1.82, 2.24) is 20.0 Å². The Morgan fingerprint density at radius 3 is 2.29 bits per heavy atom. The Morgan fingerprint density at radius 2 is 1.68 bits per heavy atom. The van der Waals surface area contributed by atoms with Gasteiger partial charge in [0.25, 0.3) is 5.91 Å². The van der Waals surface area contributed by atoms with Crippen LogP contribution < -0.4 is 5.32 Å². The number of urea groups is 1. The Kier molecular flexibility index (Phi) is 5.05. The first-order valence-corrected chi connectivity index (χ1v) is 10.6. The van der Waals surface area contributed by atoms with Crippen molar-refractivity contribution in [2.24, 2.45) is 5.92 Å². The van der Waals surface area contributed by atoms with E-state index in [2.05, 4.69) is 5.32 Å². The summed E-state index contributed by atoms with van der Waals surface area (Å²) in [5, 5.41) is 3.03. The lowest BCUT2D eigenvalue weighted by Crippen LogP contribution is -2.50. The Balaban J connectivity index is 1.33. The molecule has 8 nitrogen and oxygen atoms in total. The molecule has 0 atom stereocenters. The van der Waals surface area contributed by atoms with E-state index in [4.69, 9.17) is 0 Å². The molecule has 0 aromatic heterocycles. The molecule has 0 radical (unpaired) electrons. The van der Waals surface area contributed by atoms with E-state index in [0.29, 0.717) is 44.8 Å². The average Bonchev–Trinajstić information content (AvgIpc) is 3.52. The lowest BCUT2D eigenvalue weighted by molar-refractivity contribution is -0.141. The minimum atomic E-state index is -0.747. The summed E-state index contributed by atoms with van der Waals surface area (Å²) in [5.74, 6) is -0.368. The molecule has 0 aromatic rings. The molecule has 2 saturated carbocycles. The summed E-state index contributed by atoms with van der Waals surface area (Å²) >= 11 is 0. The average molecular weight is 390 g/mol. The van der Waals surface area contributed by atoms with Crippen LogP contribution in [0.2, 0.25) is 0 Å². The maximum absolute atomic E-state index is 13.0. The monoisotopic (exact) mass is 390 g/mol. The molecule has 4 aliphatic rings. The van der Waals surface area contributed by atoms with Crippen LogP contribution in [0.1, 0.15) is 57.8 Å². The quantitative estimate of drug-likeness (QED) is 0.728. The third kappa shape index (κ3) is 3.37. The van der Waals surface area contributed by atoms with Crippen LogP contribution in [-0.4, -0.2) is 76.7 Å². The van der Waals surface area contributed by atoms with Crippen molar-refractivity contribution in [2.45, 2.75) is 69.4 Å². The number of imide groups is 1. The molecule has 8 heteroatoms. The minimum absolute atomic E-state index is 0.0451. The largest absolute Gasteiger partial charge is 0.353 e. The van der Waals surface area contributed by atoms with Gasteiger partial charge in [0, 0.05) is 32.1 Å². The molecular formula is C20H30N4O4. The highest BCUT2D eigenvalue weighted by Gasteiger charge is 2.56. The zero-order chi connectivity index (χ0) is 19.9. The third-order valence-corrected chi connectivity index (χ3v) is 6.92. The van der Waals surface area contributed by atoms with Crippen molar-refractivity contribution in [3.05, 3.63) is 0 Å². The van der Waals surface area contributed by atoms with Crippen molar-refractivity contribution >= 4 is 23.8 Å². The maximum atomic E-state index is 13.0. The number of hydrogen-bond donors (Lipinski definition) is 1. The zero-order valence-electron chi connectivity index (χ0n) is 16.6. The predicted octanol–water partition coefficient (Wildman–Crippen LogP) is 1.10. The number of hydrogen-bond acceptors (Lipinski definition) is 4. The maximum Gasteiger partial charge on any atom is 0.327 e. The van der Waals surface area contributed by atoms with Crippen LogP contribution >= 0.6 is 0 Å². The van der Waals surface area contributed by atoms with E-state index >= 15 is 0 Å². The normalized spacial score (nSPS) is 25.5. The fourth-order valence-electron chi connectivity index (χ4n) is 4.84. The molecule has 28 heavy (non-hydrogen) atoms. The molecule has 0 bridgehead atoms. The van der Waals surface area contributed by atoms with Gasteiger partial charge in [-0.15, -0.1) is 0 Å². The van der Waals surface area contributed by atoms with Crippen molar-refractivity contribution < 1.29 is 19.2 Å². The molecular weight excluding hydrogens is 360 g/mol. The van der Waals surface area contributed by atoms with E-state index in [-0.39, 0.29) is 36.2 Å². The van der Waals surface area contributed by atoms with Gasteiger partial charge in [-0.1, -0.05) is 19.3 Å². The van der Waals surface area contributed by atoms with Crippen LogP contribution in [-0.2, 0) is 14.4 Å². The summed E-state index contributed by atoms with van der Waals surface area (Å²) in [5.41, 5.74) is -0.747. The van der Waals surface area contributed by atoms with Crippen LogP contribution in [0.5, 0.6) is 0 Å². The molecule has 2 saturated heterocycles. The van der Waals surface area contributed by atoms with E-state index in [1.807, 2.05) is 0 Å². The summed E-state index contributed by atoms with van der Waals surface area (Å²) in [6, 6.07) is -0.0117. The molecule has 154 valence electrons. The topological polar surface area (TPSA) is 90.0 Å². The molecule has 4 rings (SSSR count). The molecule has 2 aliphatic carbocycles. The molecule has 1 N–H and O–H groups in total. The number of nitrogens with one attached hydrogen (secondary N) is 1. The number of nitrogens with zero attached hydrogens (tertiary/aromatic N) is 3. The van der Waals surface area contributed by atoms with Gasteiger partial charge in [-0.05, 0) is 38.5 Å². The number of carbonyl (C=O) groups excluding carboxylic acids is 4. The van der Waals surface area contributed by atoms with Crippen LogP contribution in [0.4, 0.5) is 4.79 Å². The van der Waals surface area contributed by atoms with Crippen molar-refractivity contribution in [3.63, 3.8) is 0 Å². The Morgan fingerprint density at radius 1 is 1.04 bits per heavy atom. The van der Waals surface area contributed by atoms with Crippen LogP contribution in [0.25, 0.3) is 0 Å². The fourth-order valence-corrected chi connectivity index (χ4v) is 4.84. The first-order valence-electron chi connectivity index (χ1n) is 10.6. The molecule has 2 heterocycles. The van der Waals surface area contributed by atoms with E-state index in [0.717, 1.165) is 37.0 Å². The molecule has 0 unspecified atom stereocenters. The van der Waals surface area contributed by atoms with Gasteiger partial charge in [0.1, 0.15) is 12.1 Å². The summed E-state index contributed by atoms with van der Waals surface area (Å²) in [6.45, 7) is 0.806. The van der Waals surface area contributed by atoms with Gasteiger partial charge in [-0.25, -0.2) is 4.79 Å². The third-order valence-electron chi connectivity index (χ3n) is 6.92. The lowest BCUT2D eigenvalue weighted by Gasteiger charge is -2.36. The Labute approximate surface area is 165 Å². The number of piperidine rings is 1. The number of carbonyl (C=O) groups is 4. The van der Waals surface area contributed by atoms with Crippen molar-refractivity contribution in [3.8, 4) is 0 Å². The van der Waals surface area contributed by atoms with Crippen molar-refractivity contribution in [2.75, 3.05) is 26.7 Å². The van der Waals surface area contributed by atoms with Gasteiger partial charge < -0.3 is 15.1 Å². The second kappa shape index (κ2) is 7.37. The lowest BCUT2D eigenvalue weighted by atomic mass is 9.81. The van der Waals surface area contributed by atoms with Crippen molar-refractivity contribution in [1.29, 1.82) is 0 Å². The highest BCUT2D eigenvalue weighted by molar-refractivity contribution is 6.09. The van der Waals surface area contributed by atoms with Gasteiger partial charge in [0.2, 0.25) is 11.8 Å². The second-order valence-electron chi connectivity index (χ2n) is 8.76. The molecule has 4 fully saturated rings. The number of amides is 5. The standard InChI is InChI=1S/C20H30N4O4/c1-22-19(28)24(18(27)20(22)9-3-2-4-10-20)13-16(25)23-11-7-14(8-12-23)17(26)21-15-5-6-15/h14-15H,2-13H2,1H3,(H,21,26). The smallest absolute Gasteiger partial charge is 0.327 e. The molecule has 1 spiro atoms. The van der Waals surface area contributed by atoms with Crippen LogP contribution in [0.3, 0.4) is 0 Å². The van der Waals surface area contributed by atoms with E-state index in [1.54, 1.807) is 16.8 Å². The highest BCUT2D eigenvalue weighted by atomic mass is 16.2. The first-order chi connectivity index (χ1) is 13.4. The summed E-state index contributed by atoms with van der Waals surface area (Å²) in [6.07, 6.45) is 7.71. The summed E-state index contributed by atoms with van der Waals surface area (Å²) in [4.78, 5) is 55.0.